The van der Waals surface area contributed by atoms with Crippen LogP contribution in [0.1, 0.15) is 67.3 Å². The number of rotatable bonds is 8. The zero-order chi connectivity index (χ0) is 24.2. The van der Waals surface area contributed by atoms with Crippen LogP contribution in [-0.4, -0.2) is 65.5 Å². The highest BCUT2D eigenvalue weighted by molar-refractivity contribution is 6.05. The molecule has 182 valence electrons. The van der Waals surface area contributed by atoms with Crippen LogP contribution in [0.2, 0.25) is 0 Å². The van der Waals surface area contributed by atoms with Crippen LogP contribution in [0, 0.1) is 0 Å². The summed E-state index contributed by atoms with van der Waals surface area (Å²) in [7, 11) is 1.66. The first-order valence-electron chi connectivity index (χ1n) is 12.0. The molecular weight excluding hydrogens is 430 g/mol. The summed E-state index contributed by atoms with van der Waals surface area (Å²) in [6.07, 6.45) is 1.75. The number of aromatic nitrogens is 3. The highest BCUT2D eigenvalue weighted by atomic mass is 16.5. The number of ether oxygens (including phenoxy) is 2. The van der Waals surface area contributed by atoms with Crippen LogP contribution >= 0.6 is 0 Å². The molecule has 1 aliphatic heterocycles. The van der Waals surface area contributed by atoms with Gasteiger partial charge in [0.05, 0.1) is 43.5 Å². The average Bonchev–Trinajstić information content (AvgIpc) is 3.29. The number of fused-ring (bicyclic) bond motifs is 1. The number of benzene rings is 1. The number of pyridine rings is 1. The van der Waals surface area contributed by atoms with Crippen LogP contribution in [0.15, 0.2) is 36.5 Å². The van der Waals surface area contributed by atoms with Crippen LogP contribution in [0.5, 0.6) is 5.75 Å². The first-order valence-corrected chi connectivity index (χ1v) is 12.0. The molecule has 1 fully saturated rings. The lowest BCUT2D eigenvalue weighted by molar-refractivity contribution is 0.0162. The van der Waals surface area contributed by atoms with E-state index in [1.165, 1.54) is 0 Å². The largest absolute Gasteiger partial charge is 0.497 e. The van der Waals surface area contributed by atoms with Crippen molar-refractivity contribution in [1.82, 2.24) is 25.0 Å². The molecule has 0 unspecified atom stereocenters. The van der Waals surface area contributed by atoms with E-state index in [2.05, 4.69) is 55.1 Å². The summed E-state index contributed by atoms with van der Waals surface area (Å²) in [6.45, 7) is 11.8. The zero-order valence-electron chi connectivity index (χ0n) is 20.7. The monoisotopic (exact) mass is 465 g/mol. The van der Waals surface area contributed by atoms with Crippen molar-refractivity contribution in [3.63, 3.8) is 0 Å². The van der Waals surface area contributed by atoms with Gasteiger partial charge in [0.2, 0.25) is 0 Å². The molecule has 2 aromatic heterocycles. The van der Waals surface area contributed by atoms with E-state index in [-0.39, 0.29) is 23.9 Å². The fourth-order valence-corrected chi connectivity index (χ4v) is 4.36. The highest BCUT2D eigenvalue weighted by Crippen LogP contribution is 2.26. The van der Waals surface area contributed by atoms with E-state index in [1.54, 1.807) is 13.3 Å². The predicted octanol–water partition coefficient (Wildman–Crippen LogP) is 3.95. The minimum absolute atomic E-state index is 0.0408. The van der Waals surface area contributed by atoms with E-state index in [1.807, 2.05) is 22.9 Å². The van der Waals surface area contributed by atoms with Gasteiger partial charge in [-0.3, -0.25) is 9.69 Å². The third kappa shape index (κ3) is 5.08. The van der Waals surface area contributed by atoms with E-state index in [4.69, 9.17) is 14.5 Å². The molecule has 1 aliphatic rings. The number of methoxy groups -OCH3 is 1. The van der Waals surface area contributed by atoms with Crippen molar-refractivity contribution in [1.29, 1.82) is 0 Å². The fourth-order valence-electron chi connectivity index (χ4n) is 4.36. The van der Waals surface area contributed by atoms with Gasteiger partial charge in [-0.05, 0) is 43.5 Å². The molecule has 8 heteroatoms. The van der Waals surface area contributed by atoms with Crippen molar-refractivity contribution in [3.8, 4) is 5.75 Å². The minimum atomic E-state index is -0.107. The van der Waals surface area contributed by atoms with Gasteiger partial charge in [0.15, 0.2) is 5.65 Å². The number of hydrogen-bond acceptors (Lipinski definition) is 6. The lowest BCUT2D eigenvalue weighted by atomic mass is 10.0. The van der Waals surface area contributed by atoms with Gasteiger partial charge in [-0.1, -0.05) is 26.0 Å². The summed E-state index contributed by atoms with van der Waals surface area (Å²) in [5.41, 5.74) is 3.40. The molecule has 3 heterocycles. The summed E-state index contributed by atoms with van der Waals surface area (Å²) in [6, 6.07) is 10.2. The summed E-state index contributed by atoms with van der Waals surface area (Å²) in [4.78, 5) is 20.7. The van der Waals surface area contributed by atoms with Crippen LogP contribution in [0.3, 0.4) is 0 Å². The molecule has 0 saturated carbocycles. The Hall–Kier alpha value is -2.97. The molecule has 1 saturated heterocycles. The highest BCUT2D eigenvalue weighted by Gasteiger charge is 2.25. The second-order valence-electron chi connectivity index (χ2n) is 9.32. The van der Waals surface area contributed by atoms with Gasteiger partial charge in [-0.15, -0.1) is 0 Å². The van der Waals surface area contributed by atoms with E-state index in [9.17, 15) is 4.79 Å². The van der Waals surface area contributed by atoms with Crippen LogP contribution in [-0.2, 0) is 4.74 Å². The van der Waals surface area contributed by atoms with Crippen molar-refractivity contribution in [2.75, 3.05) is 40.0 Å². The van der Waals surface area contributed by atoms with Gasteiger partial charge >= 0.3 is 0 Å². The van der Waals surface area contributed by atoms with E-state index >= 15 is 0 Å². The predicted molar refractivity (Wildman–Crippen MR) is 132 cm³/mol. The van der Waals surface area contributed by atoms with Gasteiger partial charge in [-0.25, -0.2) is 9.67 Å². The Morgan fingerprint density at radius 2 is 1.85 bits per heavy atom. The first kappa shape index (κ1) is 24.2. The normalized spacial score (nSPS) is 15.7. The van der Waals surface area contributed by atoms with Crippen LogP contribution in [0.4, 0.5) is 0 Å². The quantitative estimate of drug-likeness (QED) is 0.543. The molecule has 0 aliphatic carbocycles. The van der Waals surface area contributed by atoms with Crippen LogP contribution in [0.25, 0.3) is 11.0 Å². The van der Waals surface area contributed by atoms with Crippen molar-refractivity contribution in [3.05, 3.63) is 53.3 Å². The summed E-state index contributed by atoms with van der Waals surface area (Å²) >= 11 is 0. The lowest BCUT2D eigenvalue weighted by Crippen LogP contribution is -2.43. The third-order valence-corrected chi connectivity index (χ3v) is 6.35. The maximum absolute atomic E-state index is 13.5. The maximum atomic E-state index is 13.5. The molecular formula is C26H35N5O3. The Morgan fingerprint density at radius 1 is 1.15 bits per heavy atom. The Kier molecular flexibility index (Phi) is 7.48. The molecule has 1 amide bonds. The van der Waals surface area contributed by atoms with Crippen molar-refractivity contribution < 1.29 is 14.3 Å². The van der Waals surface area contributed by atoms with Gasteiger partial charge in [-0.2, -0.15) is 5.10 Å². The molecule has 0 spiro atoms. The van der Waals surface area contributed by atoms with Gasteiger partial charge < -0.3 is 14.8 Å². The molecule has 0 radical (unpaired) electrons. The van der Waals surface area contributed by atoms with E-state index in [0.29, 0.717) is 25.3 Å². The Labute approximate surface area is 201 Å². The van der Waals surface area contributed by atoms with Crippen LogP contribution < -0.4 is 10.1 Å². The molecule has 3 aromatic rings. The summed E-state index contributed by atoms with van der Waals surface area (Å²) < 4.78 is 12.8. The Morgan fingerprint density at radius 3 is 2.47 bits per heavy atom. The minimum Gasteiger partial charge on any atom is -0.497 e. The number of nitrogens with zero attached hydrogens (tertiary/aromatic N) is 4. The Bertz CT molecular complexity index is 1120. The maximum Gasteiger partial charge on any atom is 0.252 e. The van der Waals surface area contributed by atoms with Crippen molar-refractivity contribution >= 4 is 16.9 Å². The average molecular weight is 466 g/mol. The SMILES string of the molecule is COc1ccc([C@@H](CNC(=O)c2cc(C(C)C)nc3c2cnn3C(C)C)N2CCOCC2)cc1. The van der Waals surface area contributed by atoms with E-state index < -0.39 is 0 Å². The molecule has 0 bridgehead atoms. The molecule has 1 atom stereocenters. The number of carbonyl (C=O) groups excluding carboxylic acids is 1. The van der Waals surface area contributed by atoms with Gasteiger partial charge in [0.1, 0.15) is 5.75 Å². The molecule has 34 heavy (non-hydrogen) atoms. The first-order chi connectivity index (χ1) is 16.4. The van der Waals surface area contributed by atoms with Crippen molar-refractivity contribution in [2.45, 2.75) is 45.7 Å². The van der Waals surface area contributed by atoms with Gasteiger partial charge in [0, 0.05) is 31.4 Å². The van der Waals surface area contributed by atoms with E-state index in [0.717, 1.165) is 41.1 Å². The number of nitrogens with one attached hydrogen (secondary N) is 1. The molecule has 1 N–H and O–H groups in total. The van der Waals surface area contributed by atoms with Gasteiger partial charge in [0.25, 0.3) is 5.91 Å². The number of hydrogen-bond donors (Lipinski definition) is 1. The topological polar surface area (TPSA) is 81.5 Å². The second-order valence-corrected chi connectivity index (χ2v) is 9.32. The summed E-state index contributed by atoms with van der Waals surface area (Å²) in [5, 5.41) is 8.49. The Balaban J connectivity index is 1.62. The number of morpholine rings is 1. The third-order valence-electron chi connectivity index (χ3n) is 6.35. The number of carbonyl (C=O) groups is 1. The number of amides is 1. The lowest BCUT2D eigenvalue weighted by Gasteiger charge is -2.35. The summed E-state index contributed by atoms with van der Waals surface area (Å²) in [5.74, 6) is 0.910. The molecule has 8 nitrogen and oxygen atoms in total. The van der Waals surface area contributed by atoms with Crippen molar-refractivity contribution in [2.24, 2.45) is 0 Å². The second kappa shape index (κ2) is 10.5. The molecule has 4 rings (SSSR count). The molecule has 1 aromatic carbocycles. The fraction of sp³-hybridized carbons (Fsp3) is 0.500. The smallest absolute Gasteiger partial charge is 0.252 e. The zero-order valence-corrected chi connectivity index (χ0v) is 20.7. The standard InChI is InChI=1S/C26H35N5O3/c1-17(2)23-14-21(22-15-28-31(18(3)4)25(22)29-23)26(32)27-16-24(30-10-12-34-13-11-30)19-6-8-20(33-5)9-7-19/h6-9,14-15,17-18,24H,10-13,16H2,1-5H3,(H,27,32)/t24-/m1/s1.